The molecule has 1 amide bonds. The van der Waals surface area contributed by atoms with E-state index in [2.05, 4.69) is 24.2 Å². The number of nitrogens with two attached hydrogens (primary N) is 1. The van der Waals surface area contributed by atoms with E-state index in [4.69, 9.17) is 5.73 Å². The molecular weight excluding hydrogens is 250 g/mol. The molecule has 2 aliphatic rings. The maximum atomic E-state index is 12.0. The van der Waals surface area contributed by atoms with Crippen LogP contribution in [0.1, 0.15) is 58.3 Å². The lowest BCUT2D eigenvalue weighted by atomic mass is 9.83. The number of carbonyl (C=O) groups excluding carboxylic acids is 1. The fourth-order valence-electron chi connectivity index (χ4n) is 4.32. The zero-order valence-corrected chi connectivity index (χ0v) is 13.2. The van der Waals surface area contributed by atoms with Gasteiger partial charge in [0, 0.05) is 6.04 Å². The average Bonchev–Trinajstić information content (AvgIpc) is 3.06. The second-order valence-electron chi connectivity index (χ2n) is 6.66. The van der Waals surface area contributed by atoms with Gasteiger partial charge >= 0.3 is 0 Å². The summed E-state index contributed by atoms with van der Waals surface area (Å²) in [7, 11) is 2.24. The first-order valence-corrected chi connectivity index (χ1v) is 8.35. The normalized spacial score (nSPS) is 31.2. The monoisotopic (exact) mass is 281 g/mol. The van der Waals surface area contributed by atoms with E-state index in [9.17, 15) is 4.79 Å². The van der Waals surface area contributed by atoms with Crippen molar-refractivity contribution in [3.05, 3.63) is 0 Å². The van der Waals surface area contributed by atoms with Crippen LogP contribution in [0.2, 0.25) is 0 Å². The molecule has 0 aliphatic heterocycles. The lowest BCUT2D eigenvalue weighted by Crippen LogP contribution is -2.58. The van der Waals surface area contributed by atoms with Crippen LogP contribution < -0.4 is 11.1 Å². The topological polar surface area (TPSA) is 58.4 Å². The van der Waals surface area contributed by atoms with Gasteiger partial charge in [0.15, 0.2) is 0 Å². The second-order valence-corrected chi connectivity index (χ2v) is 6.66. The van der Waals surface area contributed by atoms with Crippen molar-refractivity contribution in [2.45, 2.75) is 69.9 Å². The van der Waals surface area contributed by atoms with E-state index < -0.39 is 5.54 Å². The van der Waals surface area contributed by atoms with E-state index in [1.165, 1.54) is 25.7 Å². The first-order valence-electron chi connectivity index (χ1n) is 8.35. The lowest BCUT2D eigenvalue weighted by Gasteiger charge is -2.35. The van der Waals surface area contributed by atoms with Gasteiger partial charge in [-0.1, -0.05) is 26.2 Å². The van der Waals surface area contributed by atoms with Gasteiger partial charge in [0.05, 0.1) is 0 Å². The van der Waals surface area contributed by atoms with Crippen molar-refractivity contribution in [2.75, 3.05) is 20.1 Å². The largest absolute Gasteiger partial charge is 0.368 e. The third-order valence-electron chi connectivity index (χ3n) is 5.53. The van der Waals surface area contributed by atoms with Crippen LogP contribution in [0.25, 0.3) is 0 Å². The van der Waals surface area contributed by atoms with Gasteiger partial charge in [0.25, 0.3) is 0 Å². The van der Waals surface area contributed by atoms with Crippen molar-refractivity contribution < 1.29 is 4.79 Å². The van der Waals surface area contributed by atoms with Crippen molar-refractivity contribution >= 4 is 5.91 Å². The standard InChI is InChI=1S/C16H31N3O/c1-3-18-16(15(17)20)11-6-7-13(16)10-12-19(2)14-8-4-5-9-14/h13-14,18H,3-12H2,1-2H3,(H2,17,20). The van der Waals surface area contributed by atoms with Gasteiger partial charge in [-0.2, -0.15) is 0 Å². The predicted molar refractivity (Wildman–Crippen MR) is 82.4 cm³/mol. The molecular formula is C16H31N3O. The van der Waals surface area contributed by atoms with Gasteiger partial charge in [-0.3, -0.25) is 4.79 Å². The van der Waals surface area contributed by atoms with Crippen molar-refractivity contribution in [3.63, 3.8) is 0 Å². The molecule has 0 aromatic rings. The minimum atomic E-state index is -0.439. The van der Waals surface area contributed by atoms with Crippen LogP contribution in [-0.2, 0) is 4.79 Å². The molecule has 3 N–H and O–H groups in total. The molecule has 0 saturated heterocycles. The van der Waals surface area contributed by atoms with E-state index in [-0.39, 0.29) is 5.91 Å². The van der Waals surface area contributed by atoms with E-state index in [0.29, 0.717) is 5.92 Å². The maximum Gasteiger partial charge on any atom is 0.238 e. The Hall–Kier alpha value is -0.610. The van der Waals surface area contributed by atoms with Crippen LogP contribution in [0.4, 0.5) is 0 Å². The number of nitrogens with one attached hydrogen (secondary N) is 1. The van der Waals surface area contributed by atoms with Gasteiger partial charge in [-0.15, -0.1) is 0 Å². The molecule has 2 aliphatic carbocycles. The summed E-state index contributed by atoms with van der Waals surface area (Å²) in [5.74, 6) is 0.258. The fraction of sp³-hybridized carbons (Fsp3) is 0.938. The third-order valence-corrected chi connectivity index (χ3v) is 5.53. The Morgan fingerprint density at radius 1 is 1.30 bits per heavy atom. The van der Waals surface area contributed by atoms with Gasteiger partial charge in [0.1, 0.15) is 5.54 Å². The SMILES string of the molecule is CCNC1(C(N)=O)CCCC1CCN(C)C1CCCC1. The van der Waals surface area contributed by atoms with Crippen LogP contribution in [0.5, 0.6) is 0 Å². The molecule has 0 spiro atoms. The molecule has 2 fully saturated rings. The van der Waals surface area contributed by atoms with Crippen molar-refractivity contribution in [1.82, 2.24) is 10.2 Å². The average molecular weight is 281 g/mol. The Kier molecular flexibility index (Phi) is 5.44. The second kappa shape index (κ2) is 6.90. The highest BCUT2D eigenvalue weighted by Crippen LogP contribution is 2.38. The van der Waals surface area contributed by atoms with E-state index in [0.717, 1.165) is 44.8 Å². The van der Waals surface area contributed by atoms with Crippen LogP contribution in [0, 0.1) is 5.92 Å². The highest BCUT2D eigenvalue weighted by Gasteiger charge is 2.46. The van der Waals surface area contributed by atoms with Crippen molar-refractivity contribution in [1.29, 1.82) is 0 Å². The predicted octanol–water partition coefficient (Wildman–Crippen LogP) is 1.88. The lowest BCUT2D eigenvalue weighted by molar-refractivity contribution is -0.126. The molecule has 20 heavy (non-hydrogen) atoms. The van der Waals surface area contributed by atoms with E-state index in [1.54, 1.807) is 0 Å². The number of carbonyl (C=O) groups is 1. The van der Waals surface area contributed by atoms with Gasteiger partial charge in [0.2, 0.25) is 5.91 Å². The van der Waals surface area contributed by atoms with Gasteiger partial charge < -0.3 is 16.0 Å². The number of likely N-dealkylation sites (N-methyl/N-ethyl adjacent to an activating group) is 1. The highest BCUT2D eigenvalue weighted by atomic mass is 16.1. The molecule has 0 aromatic heterocycles. The smallest absolute Gasteiger partial charge is 0.238 e. The summed E-state index contributed by atoms with van der Waals surface area (Å²) >= 11 is 0. The summed E-state index contributed by atoms with van der Waals surface area (Å²) in [6.07, 6.45) is 9.69. The molecule has 0 aromatic carbocycles. The van der Waals surface area contributed by atoms with Crippen LogP contribution in [-0.4, -0.2) is 42.5 Å². The molecule has 0 bridgehead atoms. The van der Waals surface area contributed by atoms with Crippen LogP contribution in [0.3, 0.4) is 0 Å². The summed E-state index contributed by atoms with van der Waals surface area (Å²) in [5.41, 5.74) is 5.28. The summed E-state index contributed by atoms with van der Waals surface area (Å²) in [6, 6.07) is 0.763. The minimum Gasteiger partial charge on any atom is -0.368 e. The number of amides is 1. The fourth-order valence-corrected chi connectivity index (χ4v) is 4.32. The summed E-state index contributed by atoms with van der Waals surface area (Å²) in [4.78, 5) is 14.5. The summed E-state index contributed by atoms with van der Waals surface area (Å²) < 4.78 is 0. The van der Waals surface area contributed by atoms with Gasteiger partial charge in [-0.05, 0) is 58.2 Å². The molecule has 4 heteroatoms. The van der Waals surface area contributed by atoms with Crippen molar-refractivity contribution in [2.24, 2.45) is 11.7 Å². The van der Waals surface area contributed by atoms with Crippen LogP contribution in [0.15, 0.2) is 0 Å². The maximum absolute atomic E-state index is 12.0. The zero-order valence-electron chi connectivity index (χ0n) is 13.2. The van der Waals surface area contributed by atoms with E-state index in [1.807, 2.05) is 0 Å². The Morgan fingerprint density at radius 2 is 2.00 bits per heavy atom. The number of rotatable bonds is 7. The molecule has 0 heterocycles. The molecule has 2 unspecified atom stereocenters. The molecule has 2 atom stereocenters. The zero-order chi connectivity index (χ0) is 14.6. The Morgan fingerprint density at radius 3 is 2.60 bits per heavy atom. The molecule has 116 valence electrons. The molecule has 2 saturated carbocycles. The number of hydrogen-bond acceptors (Lipinski definition) is 3. The molecule has 2 rings (SSSR count). The highest BCUT2D eigenvalue weighted by molar-refractivity contribution is 5.85. The summed E-state index contributed by atoms with van der Waals surface area (Å²) in [6.45, 7) is 3.97. The van der Waals surface area contributed by atoms with Crippen molar-refractivity contribution in [3.8, 4) is 0 Å². The van der Waals surface area contributed by atoms with Gasteiger partial charge in [-0.25, -0.2) is 0 Å². The number of hydrogen-bond donors (Lipinski definition) is 2. The van der Waals surface area contributed by atoms with E-state index >= 15 is 0 Å². The molecule has 4 nitrogen and oxygen atoms in total. The Bertz CT molecular complexity index is 328. The first-order chi connectivity index (χ1) is 9.60. The van der Waals surface area contributed by atoms with Crippen LogP contribution >= 0.6 is 0 Å². The third kappa shape index (κ3) is 3.17. The Labute approximate surface area is 123 Å². The quantitative estimate of drug-likeness (QED) is 0.749. The first kappa shape index (κ1) is 15.8. The summed E-state index contributed by atoms with van der Waals surface area (Å²) in [5, 5.41) is 3.41. The number of nitrogens with zero attached hydrogens (tertiary/aromatic N) is 1. The number of primary amides is 1. The Balaban J connectivity index is 1.91. The minimum absolute atomic E-state index is 0.148. The molecule has 0 radical (unpaired) electrons.